The first-order chi connectivity index (χ1) is 7.66. The first-order valence-corrected chi connectivity index (χ1v) is 5.27. The third-order valence-corrected chi connectivity index (χ3v) is 2.23. The van der Waals surface area contributed by atoms with Crippen molar-refractivity contribution < 1.29 is 8.94 Å². The average Bonchev–Trinajstić information content (AvgIpc) is 2.83. The highest BCUT2D eigenvalue weighted by Gasteiger charge is 2.12. The van der Waals surface area contributed by atoms with Crippen molar-refractivity contribution in [3.8, 4) is 11.4 Å². The van der Waals surface area contributed by atoms with E-state index in [1.165, 1.54) is 0 Å². The molecule has 5 nitrogen and oxygen atoms in total. The molecule has 0 aliphatic rings. The quantitative estimate of drug-likeness (QED) is 0.856. The van der Waals surface area contributed by atoms with Crippen LogP contribution in [-0.4, -0.2) is 16.2 Å². The lowest BCUT2D eigenvalue weighted by molar-refractivity contribution is 0.362. The van der Waals surface area contributed by atoms with Crippen LogP contribution in [0.5, 0.6) is 0 Å². The van der Waals surface area contributed by atoms with Gasteiger partial charge >= 0.3 is 0 Å². The van der Waals surface area contributed by atoms with Gasteiger partial charge in [-0.3, -0.25) is 0 Å². The van der Waals surface area contributed by atoms with Crippen LogP contribution in [0.15, 0.2) is 21.3 Å². The Hall–Kier alpha value is -1.62. The van der Waals surface area contributed by atoms with Crippen molar-refractivity contribution in [1.82, 2.24) is 15.5 Å². The summed E-state index contributed by atoms with van der Waals surface area (Å²) >= 11 is 0. The zero-order valence-corrected chi connectivity index (χ0v) is 9.65. The maximum atomic E-state index is 5.19. The summed E-state index contributed by atoms with van der Waals surface area (Å²) in [5.74, 6) is 1.96. The Kier molecular flexibility index (Phi) is 3.05. The Balaban J connectivity index is 2.11. The van der Waals surface area contributed by atoms with Crippen LogP contribution in [0, 0.1) is 6.92 Å². The summed E-state index contributed by atoms with van der Waals surface area (Å²) in [6.07, 6.45) is 1.62. The van der Waals surface area contributed by atoms with Crippen LogP contribution in [-0.2, 0) is 6.54 Å². The van der Waals surface area contributed by atoms with Crippen molar-refractivity contribution in [2.75, 3.05) is 0 Å². The molecule has 0 aromatic carbocycles. The number of rotatable bonds is 4. The molecule has 0 unspecified atom stereocenters. The smallest absolute Gasteiger partial charge is 0.240 e. The van der Waals surface area contributed by atoms with Crippen LogP contribution in [0.1, 0.15) is 25.5 Å². The molecule has 0 bridgehead atoms. The zero-order valence-electron chi connectivity index (χ0n) is 9.65. The third-order valence-electron chi connectivity index (χ3n) is 2.23. The Morgan fingerprint density at radius 3 is 2.88 bits per heavy atom. The molecule has 0 fully saturated rings. The average molecular weight is 221 g/mol. The van der Waals surface area contributed by atoms with E-state index in [4.69, 9.17) is 8.94 Å². The van der Waals surface area contributed by atoms with Crippen LogP contribution in [0.3, 0.4) is 0 Å². The summed E-state index contributed by atoms with van der Waals surface area (Å²) in [6, 6.07) is 2.23. The van der Waals surface area contributed by atoms with Crippen molar-refractivity contribution >= 4 is 0 Å². The van der Waals surface area contributed by atoms with E-state index >= 15 is 0 Å². The van der Waals surface area contributed by atoms with E-state index in [1.54, 1.807) is 6.26 Å². The number of hydrogen-bond acceptors (Lipinski definition) is 5. The standard InChI is InChI=1S/C11H15N3O2/c1-7(2)12-6-10-13-11(14-16-10)9-4-5-15-8(9)3/h4-5,7,12H,6H2,1-3H3. The molecule has 0 aliphatic heterocycles. The number of aryl methyl sites for hydroxylation is 1. The van der Waals surface area contributed by atoms with Gasteiger partial charge in [-0.1, -0.05) is 19.0 Å². The Morgan fingerprint density at radius 2 is 2.25 bits per heavy atom. The van der Waals surface area contributed by atoms with Crippen LogP contribution in [0.25, 0.3) is 11.4 Å². The Labute approximate surface area is 93.8 Å². The molecule has 1 N–H and O–H groups in total. The molecule has 0 aliphatic carbocycles. The SMILES string of the molecule is Cc1occc1-c1noc(CNC(C)C)n1. The number of furan rings is 1. The molecule has 16 heavy (non-hydrogen) atoms. The van der Waals surface area contributed by atoms with E-state index in [-0.39, 0.29) is 0 Å². The van der Waals surface area contributed by atoms with Crippen LogP contribution in [0.4, 0.5) is 0 Å². The molecular formula is C11H15N3O2. The number of hydrogen-bond donors (Lipinski definition) is 1. The lowest BCUT2D eigenvalue weighted by atomic mass is 10.2. The second-order valence-corrected chi connectivity index (χ2v) is 3.94. The Bertz CT molecular complexity index is 459. The molecule has 2 heterocycles. The summed E-state index contributed by atoms with van der Waals surface area (Å²) in [4.78, 5) is 4.29. The Morgan fingerprint density at radius 1 is 1.44 bits per heavy atom. The second kappa shape index (κ2) is 4.49. The van der Waals surface area contributed by atoms with Gasteiger partial charge in [-0.05, 0) is 13.0 Å². The van der Waals surface area contributed by atoms with Crippen molar-refractivity contribution in [3.63, 3.8) is 0 Å². The van der Waals surface area contributed by atoms with Gasteiger partial charge in [-0.15, -0.1) is 0 Å². The van der Waals surface area contributed by atoms with E-state index in [0.29, 0.717) is 24.3 Å². The molecule has 0 radical (unpaired) electrons. The molecule has 5 heteroatoms. The van der Waals surface area contributed by atoms with E-state index < -0.39 is 0 Å². The number of nitrogens with zero attached hydrogens (tertiary/aromatic N) is 2. The molecule has 0 spiro atoms. The molecule has 86 valence electrons. The zero-order chi connectivity index (χ0) is 11.5. The van der Waals surface area contributed by atoms with E-state index in [9.17, 15) is 0 Å². The summed E-state index contributed by atoms with van der Waals surface area (Å²) < 4.78 is 10.3. The monoisotopic (exact) mass is 221 g/mol. The van der Waals surface area contributed by atoms with Gasteiger partial charge in [0, 0.05) is 6.04 Å². The molecule has 0 saturated heterocycles. The maximum absolute atomic E-state index is 5.19. The van der Waals surface area contributed by atoms with Gasteiger partial charge < -0.3 is 14.3 Å². The van der Waals surface area contributed by atoms with Crippen molar-refractivity contribution in [3.05, 3.63) is 24.0 Å². The van der Waals surface area contributed by atoms with Crippen LogP contribution < -0.4 is 5.32 Å². The van der Waals surface area contributed by atoms with Crippen molar-refractivity contribution in [1.29, 1.82) is 0 Å². The first-order valence-electron chi connectivity index (χ1n) is 5.27. The summed E-state index contributed by atoms with van der Waals surface area (Å²) in [7, 11) is 0. The van der Waals surface area contributed by atoms with Crippen LogP contribution >= 0.6 is 0 Å². The number of nitrogens with one attached hydrogen (secondary N) is 1. The van der Waals surface area contributed by atoms with E-state index in [2.05, 4.69) is 29.3 Å². The molecule has 0 saturated carbocycles. The summed E-state index contributed by atoms with van der Waals surface area (Å²) in [5.41, 5.74) is 0.875. The van der Waals surface area contributed by atoms with Crippen molar-refractivity contribution in [2.24, 2.45) is 0 Å². The summed E-state index contributed by atoms with van der Waals surface area (Å²) in [6.45, 7) is 6.59. The third kappa shape index (κ3) is 2.30. The fraction of sp³-hybridized carbons (Fsp3) is 0.455. The van der Waals surface area contributed by atoms with E-state index in [1.807, 2.05) is 13.0 Å². The molecule has 2 aromatic heterocycles. The molecule has 2 rings (SSSR count). The largest absolute Gasteiger partial charge is 0.469 e. The summed E-state index contributed by atoms with van der Waals surface area (Å²) in [5, 5.41) is 7.13. The van der Waals surface area contributed by atoms with Crippen LogP contribution in [0.2, 0.25) is 0 Å². The van der Waals surface area contributed by atoms with Gasteiger partial charge in [-0.2, -0.15) is 4.98 Å². The normalized spacial score (nSPS) is 11.2. The van der Waals surface area contributed by atoms with Gasteiger partial charge in [0.25, 0.3) is 0 Å². The van der Waals surface area contributed by atoms with Crippen molar-refractivity contribution in [2.45, 2.75) is 33.4 Å². The topological polar surface area (TPSA) is 64.1 Å². The van der Waals surface area contributed by atoms with Gasteiger partial charge in [0.15, 0.2) is 0 Å². The fourth-order valence-corrected chi connectivity index (χ4v) is 1.34. The van der Waals surface area contributed by atoms with Gasteiger partial charge in [0.05, 0.1) is 18.4 Å². The van der Waals surface area contributed by atoms with Gasteiger partial charge in [0.2, 0.25) is 11.7 Å². The minimum atomic E-state index is 0.394. The minimum absolute atomic E-state index is 0.394. The predicted molar refractivity (Wildman–Crippen MR) is 58.7 cm³/mol. The fourth-order valence-electron chi connectivity index (χ4n) is 1.34. The molecular weight excluding hydrogens is 206 g/mol. The highest BCUT2D eigenvalue weighted by molar-refractivity contribution is 5.55. The molecule has 2 aromatic rings. The maximum Gasteiger partial charge on any atom is 0.240 e. The highest BCUT2D eigenvalue weighted by Crippen LogP contribution is 2.20. The van der Waals surface area contributed by atoms with Gasteiger partial charge in [-0.25, -0.2) is 0 Å². The number of aromatic nitrogens is 2. The molecule has 0 amide bonds. The lowest BCUT2D eigenvalue weighted by Crippen LogP contribution is -2.21. The van der Waals surface area contributed by atoms with Gasteiger partial charge in [0.1, 0.15) is 5.76 Å². The lowest BCUT2D eigenvalue weighted by Gasteiger charge is -2.02. The predicted octanol–water partition coefficient (Wildman–Crippen LogP) is 2.14. The molecule has 0 atom stereocenters. The first kappa shape index (κ1) is 10.9. The minimum Gasteiger partial charge on any atom is -0.469 e. The highest BCUT2D eigenvalue weighted by atomic mass is 16.5. The second-order valence-electron chi connectivity index (χ2n) is 3.94. The van der Waals surface area contributed by atoms with E-state index in [0.717, 1.165) is 11.3 Å².